The van der Waals surface area contributed by atoms with Gasteiger partial charge in [-0.2, -0.15) is 0 Å². The number of benzene rings is 3. The van der Waals surface area contributed by atoms with Gasteiger partial charge < -0.3 is 31.2 Å². The van der Waals surface area contributed by atoms with Gasteiger partial charge in [-0.15, -0.1) is 11.3 Å². The first kappa shape index (κ1) is 33.2. The minimum atomic E-state index is -3.82. The van der Waals surface area contributed by atoms with Crippen molar-refractivity contribution in [2.75, 3.05) is 36.8 Å². The number of hydrogen-bond acceptors (Lipinski definition) is 10. The zero-order valence-corrected chi connectivity index (χ0v) is 28.2. The third kappa shape index (κ3) is 6.98. The quantitative estimate of drug-likeness (QED) is 0.135. The van der Waals surface area contributed by atoms with Crippen LogP contribution in [0.3, 0.4) is 0 Å². The van der Waals surface area contributed by atoms with E-state index in [4.69, 9.17) is 15.2 Å². The van der Waals surface area contributed by atoms with E-state index in [0.29, 0.717) is 44.5 Å². The Morgan fingerprint density at radius 2 is 1.68 bits per heavy atom. The monoisotopic (exact) mass is 674 g/mol. The van der Waals surface area contributed by atoms with Crippen molar-refractivity contribution in [1.82, 2.24) is 15.3 Å². The Morgan fingerprint density at radius 1 is 0.979 bits per heavy atom. The molecule has 0 aliphatic carbocycles. The molecule has 0 aliphatic heterocycles. The minimum Gasteiger partial charge on any atom is -0.493 e. The Balaban J connectivity index is 1.44. The van der Waals surface area contributed by atoms with Crippen LogP contribution in [-0.4, -0.2) is 50.7 Å². The smallest absolute Gasteiger partial charge is 0.323 e. The molecule has 0 radical (unpaired) electrons. The molecule has 5 rings (SSSR count). The number of thiazole rings is 1. The van der Waals surface area contributed by atoms with Crippen molar-refractivity contribution in [1.29, 1.82) is 0 Å². The van der Waals surface area contributed by atoms with E-state index >= 15 is 0 Å². The Bertz CT molecular complexity index is 2120. The number of carbonyl (C=O) groups is 2. The summed E-state index contributed by atoms with van der Waals surface area (Å²) in [6.07, 6.45) is 2.64. The number of amides is 3. The number of nitrogen functional groups attached to an aromatic ring is 1. The number of urea groups is 1. The standard InChI is InChI=1S/C33H34N6O6S2/c1-33(2,3)21-16-23(28(44-5)29(27(21)34)47(6,42)43)39-32(41)38-22-11-12-26(20-10-8-7-9-19(20)22)45-18-13-14-36-24(15-18)31-37-25(17-46-31)30(40)35-4/h7-17H,34H2,1-6H3,(H,35,40)(H2,38,39,41). The van der Waals surface area contributed by atoms with Gasteiger partial charge in [-0.25, -0.2) is 18.2 Å². The molecule has 0 bridgehead atoms. The molecular formula is C33H34N6O6S2. The highest BCUT2D eigenvalue weighted by molar-refractivity contribution is 7.91. The van der Waals surface area contributed by atoms with Crippen LogP contribution in [0.25, 0.3) is 21.5 Å². The zero-order chi connectivity index (χ0) is 34.1. The molecule has 3 aromatic carbocycles. The van der Waals surface area contributed by atoms with Gasteiger partial charge in [-0.3, -0.25) is 9.78 Å². The molecule has 3 amide bonds. The van der Waals surface area contributed by atoms with Crippen LogP contribution in [0.2, 0.25) is 0 Å². The van der Waals surface area contributed by atoms with Crippen LogP contribution in [0, 0.1) is 0 Å². The third-order valence-electron chi connectivity index (χ3n) is 7.18. The average molecular weight is 675 g/mol. The fraction of sp³-hybridized carbons (Fsp3) is 0.212. The fourth-order valence-electron chi connectivity index (χ4n) is 5.03. The van der Waals surface area contributed by atoms with Gasteiger partial charge in [0.2, 0.25) is 0 Å². The Morgan fingerprint density at radius 3 is 2.34 bits per heavy atom. The lowest BCUT2D eigenvalue weighted by Gasteiger charge is -2.26. The molecule has 0 atom stereocenters. The van der Waals surface area contributed by atoms with E-state index in [1.165, 1.54) is 18.4 Å². The Labute approximate surface area is 276 Å². The summed E-state index contributed by atoms with van der Waals surface area (Å²) in [5, 5.41) is 11.8. The molecular weight excluding hydrogens is 641 g/mol. The molecule has 0 unspecified atom stereocenters. The number of anilines is 3. The molecule has 14 heteroatoms. The van der Waals surface area contributed by atoms with Crippen molar-refractivity contribution in [3.05, 3.63) is 77.4 Å². The summed E-state index contributed by atoms with van der Waals surface area (Å²) in [6, 6.07) is 15.3. The zero-order valence-electron chi connectivity index (χ0n) is 26.6. The number of fused-ring (bicyclic) bond motifs is 1. The van der Waals surface area contributed by atoms with E-state index in [0.717, 1.165) is 11.6 Å². The normalized spacial score (nSPS) is 11.6. The average Bonchev–Trinajstić information content (AvgIpc) is 3.52. The van der Waals surface area contributed by atoms with Crippen LogP contribution in [0.1, 0.15) is 36.8 Å². The van der Waals surface area contributed by atoms with E-state index in [-0.39, 0.29) is 27.9 Å². The number of aromatic nitrogens is 2. The van der Waals surface area contributed by atoms with Gasteiger partial charge in [0.15, 0.2) is 15.6 Å². The topological polar surface area (TPSA) is 175 Å². The van der Waals surface area contributed by atoms with Crippen molar-refractivity contribution in [3.8, 4) is 28.0 Å². The summed E-state index contributed by atoms with van der Waals surface area (Å²) in [7, 11) is -0.953. The number of methoxy groups -OCH3 is 1. The van der Waals surface area contributed by atoms with Crippen LogP contribution in [0.15, 0.2) is 71.1 Å². The third-order valence-corrected chi connectivity index (χ3v) is 9.19. The molecule has 5 aromatic rings. The largest absolute Gasteiger partial charge is 0.493 e. The van der Waals surface area contributed by atoms with Crippen LogP contribution < -0.4 is 31.2 Å². The Kier molecular flexibility index (Phi) is 9.09. The second-order valence-corrected chi connectivity index (χ2v) is 14.4. The van der Waals surface area contributed by atoms with Crippen molar-refractivity contribution < 1.29 is 27.5 Å². The summed E-state index contributed by atoms with van der Waals surface area (Å²) in [4.78, 5) is 33.9. The summed E-state index contributed by atoms with van der Waals surface area (Å²) in [5.41, 5.74) is 7.91. The molecule has 0 saturated heterocycles. The number of nitrogens with one attached hydrogen (secondary N) is 3. The van der Waals surface area contributed by atoms with Crippen molar-refractivity contribution >= 4 is 60.9 Å². The molecule has 0 saturated carbocycles. The number of hydrogen-bond donors (Lipinski definition) is 4. The number of nitrogens with zero attached hydrogens (tertiary/aromatic N) is 2. The van der Waals surface area contributed by atoms with Crippen molar-refractivity contribution in [2.24, 2.45) is 0 Å². The second kappa shape index (κ2) is 12.9. The van der Waals surface area contributed by atoms with Gasteiger partial charge in [-0.1, -0.05) is 45.0 Å². The maximum absolute atomic E-state index is 13.4. The lowest BCUT2D eigenvalue weighted by Crippen LogP contribution is -2.23. The number of pyridine rings is 1. The molecule has 47 heavy (non-hydrogen) atoms. The van der Waals surface area contributed by atoms with Gasteiger partial charge in [0.25, 0.3) is 5.91 Å². The van der Waals surface area contributed by atoms with Crippen molar-refractivity contribution in [2.45, 2.75) is 31.1 Å². The lowest BCUT2D eigenvalue weighted by atomic mass is 9.85. The first-order chi connectivity index (χ1) is 22.2. The fourth-order valence-corrected chi connectivity index (χ4v) is 6.83. The maximum atomic E-state index is 13.4. The van der Waals surface area contributed by atoms with E-state index in [1.54, 1.807) is 49.0 Å². The molecule has 5 N–H and O–H groups in total. The number of nitrogens with two attached hydrogens (primary N) is 1. The molecule has 244 valence electrons. The van der Waals surface area contributed by atoms with Crippen molar-refractivity contribution in [3.63, 3.8) is 0 Å². The number of ether oxygens (including phenoxy) is 2. The maximum Gasteiger partial charge on any atom is 0.323 e. The molecule has 12 nitrogen and oxygen atoms in total. The second-order valence-electron chi connectivity index (χ2n) is 11.6. The molecule has 2 aromatic heterocycles. The van der Waals surface area contributed by atoms with Gasteiger partial charge in [0.05, 0.1) is 24.2 Å². The van der Waals surface area contributed by atoms with Gasteiger partial charge in [0.1, 0.15) is 32.8 Å². The first-order valence-corrected chi connectivity index (χ1v) is 17.1. The highest BCUT2D eigenvalue weighted by atomic mass is 32.2. The van der Waals surface area contributed by atoms with E-state index in [9.17, 15) is 18.0 Å². The molecule has 0 fully saturated rings. The van der Waals surface area contributed by atoms with Gasteiger partial charge >= 0.3 is 6.03 Å². The van der Waals surface area contributed by atoms with Crippen LogP contribution in [0.4, 0.5) is 21.9 Å². The first-order valence-electron chi connectivity index (χ1n) is 14.3. The SMILES string of the molecule is CNC(=O)c1csc(-c2cc(Oc3ccc(NC(=O)Nc4cc(C(C)(C)C)c(N)c(S(C)(=O)=O)c4OC)c4ccccc34)ccn2)n1. The lowest BCUT2D eigenvalue weighted by molar-refractivity contribution is 0.0959. The number of carbonyl (C=O) groups excluding carboxylic acids is 2. The van der Waals surface area contributed by atoms with Gasteiger partial charge in [0, 0.05) is 41.7 Å². The van der Waals surface area contributed by atoms with Gasteiger partial charge in [-0.05, 0) is 35.2 Å². The van der Waals surface area contributed by atoms with E-state index in [1.807, 2.05) is 45.0 Å². The van der Waals surface area contributed by atoms with Crippen LogP contribution in [-0.2, 0) is 15.3 Å². The van der Waals surface area contributed by atoms with Crippen LogP contribution >= 0.6 is 11.3 Å². The number of rotatable bonds is 8. The molecule has 2 heterocycles. The predicted octanol–water partition coefficient (Wildman–Crippen LogP) is 6.45. The predicted molar refractivity (Wildman–Crippen MR) is 185 cm³/mol. The Hall–Kier alpha value is -5.21. The summed E-state index contributed by atoms with van der Waals surface area (Å²) in [5.74, 6) is 0.694. The van der Waals surface area contributed by atoms with E-state index < -0.39 is 21.3 Å². The highest BCUT2D eigenvalue weighted by Gasteiger charge is 2.29. The highest BCUT2D eigenvalue weighted by Crippen LogP contribution is 2.43. The number of sulfone groups is 1. The van der Waals surface area contributed by atoms with Crippen LogP contribution in [0.5, 0.6) is 17.2 Å². The molecule has 0 spiro atoms. The summed E-state index contributed by atoms with van der Waals surface area (Å²) >= 11 is 1.30. The summed E-state index contributed by atoms with van der Waals surface area (Å²) in [6.45, 7) is 5.68. The minimum absolute atomic E-state index is 0.0546. The summed E-state index contributed by atoms with van der Waals surface area (Å²) < 4.78 is 37.2. The molecule has 0 aliphatic rings. The van der Waals surface area contributed by atoms with E-state index in [2.05, 4.69) is 25.9 Å².